The second-order valence-electron chi connectivity index (χ2n) is 3.84. The molecule has 0 N–H and O–H groups in total. The van der Waals surface area contributed by atoms with Crippen LogP contribution in [0.25, 0.3) is 0 Å². The Morgan fingerprint density at radius 3 is 2.93 bits per heavy atom. The number of halogens is 1. The van der Waals surface area contributed by atoms with Crippen molar-refractivity contribution in [3.05, 3.63) is 29.8 Å². The van der Waals surface area contributed by atoms with Gasteiger partial charge in [-0.3, -0.25) is 4.98 Å². The summed E-state index contributed by atoms with van der Waals surface area (Å²) >= 11 is 0. The average Bonchev–Trinajstić information content (AvgIpc) is 2.66. The zero-order valence-electron chi connectivity index (χ0n) is 7.82. The van der Waals surface area contributed by atoms with Gasteiger partial charge in [0.25, 0.3) is 0 Å². The fourth-order valence-corrected chi connectivity index (χ4v) is 2.09. The SMILES string of the molecule is O=CC1CC[C@H](c2cncc(F)c2)C1. The lowest BCUT2D eigenvalue weighted by atomic mass is 9.98. The van der Waals surface area contributed by atoms with Crippen LogP contribution in [-0.4, -0.2) is 11.3 Å². The van der Waals surface area contributed by atoms with Gasteiger partial charge in [-0.1, -0.05) is 0 Å². The van der Waals surface area contributed by atoms with E-state index in [1.54, 1.807) is 6.20 Å². The highest BCUT2D eigenvalue weighted by molar-refractivity contribution is 5.54. The molecule has 1 fully saturated rings. The lowest BCUT2D eigenvalue weighted by molar-refractivity contribution is -0.110. The normalized spacial score (nSPS) is 26.4. The Hall–Kier alpha value is -1.25. The first-order valence-electron chi connectivity index (χ1n) is 4.85. The predicted molar refractivity (Wildman–Crippen MR) is 50.3 cm³/mol. The molecule has 1 unspecified atom stereocenters. The van der Waals surface area contributed by atoms with Crippen LogP contribution in [0.4, 0.5) is 4.39 Å². The van der Waals surface area contributed by atoms with Crippen LogP contribution in [-0.2, 0) is 4.79 Å². The average molecular weight is 193 g/mol. The number of hydrogen-bond donors (Lipinski definition) is 0. The maximum Gasteiger partial charge on any atom is 0.141 e. The van der Waals surface area contributed by atoms with E-state index in [0.29, 0.717) is 5.92 Å². The number of carbonyl (C=O) groups excluding carboxylic acids is 1. The number of nitrogens with zero attached hydrogens (tertiary/aromatic N) is 1. The molecule has 0 radical (unpaired) electrons. The molecular formula is C11H12FNO. The highest BCUT2D eigenvalue weighted by Gasteiger charge is 2.25. The minimum atomic E-state index is -0.294. The van der Waals surface area contributed by atoms with Gasteiger partial charge in [-0.2, -0.15) is 0 Å². The standard InChI is InChI=1S/C11H12FNO/c12-11-4-10(5-13-6-11)9-2-1-8(3-9)7-14/h4-9H,1-3H2/t8?,9-/m0/s1. The molecule has 2 rings (SSSR count). The third-order valence-electron chi connectivity index (χ3n) is 2.86. The zero-order chi connectivity index (χ0) is 9.97. The largest absolute Gasteiger partial charge is 0.303 e. The molecule has 1 aliphatic rings. The number of aldehydes is 1. The van der Waals surface area contributed by atoms with Crippen molar-refractivity contribution in [2.75, 3.05) is 0 Å². The number of aromatic nitrogens is 1. The van der Waals surface area contributed by atoms with Gasteiger partial charge in [0.15, 0.2) is 0 Å². The van der Waals surface area contributed by atoms with Crippen molar-refractivity contribution >= 4 is 6.29 Å². The molecule has 0 spiro atoms. The van der Waals surface area contributed by atoms with Gasteiger partial charge in [-0.25, -0.2) is 4.39 Å². The highest BCUT2D eigenvalue weighted by Crippen LogP contribution is 2.36. The van der Waals surface area contributed by atoms with Crippen molar-refractivity contribution in [2.24, 2.45) is 5.92 Å². The molecule has 1 aromatic rings. The van der Waals surface area contributed by atoms with E-state index in [1.807, 2.05) is 0 Å². The second kappa shape index (κ2) is 3.86. The molecular weight excluding hydrogens is 181 g/mol. The molecule has 2 nitrogen and oxygen atoms in total. The number of hydrogen-bond acceptors (Lipinski definition) is 2. The molecule has 0 amide bonds. The van der Waals surface area contributed by atoms with Crippen molar-refractivity contribution in [3.63, 3.8) is 0 Å². The highest BCUT2D eigenvalue weighted by atomic mass is 19.1. The number of carbonyl (C=O) groups is 1. The maximum absolute atomic E-state index is 12.9. The summed E-state index contributed by atoms with van der Waals surface area (Å²) in [5, 5.41) is 0. The summed E-state index contributed by atoms with van der Waals surface area (Å²) in [5.74, 6) is 0.175. The van der Waals surface area contributed by atoms with E-state index >= 15 is 0 Å². The van der Waals surface area contributed by atoms with Gasteiger partial charge in [0.1, 0.15) is 12.1 Å². The van der Waals surface area contributed by atoms with Crippen LogP contribution in [0.3, 0.4) is 0 Å². The van der Waals surface area contributed by atoms with Gasteiger partial charge in [0.2, 0.25) is 0 Å². The third-order valence-corrected chi connectivity index (χ3v) is 2.86. The van der Waals surface area contributed by atoms with Gasteiger partial charge in [0.05, 0.1) is 6.20 Å². The van der Waals surface area contributed by atoms with Gasteiger partial charge in [-0.15, -0.1) is 0 Å². The third kappa shape index (κ3) is 1.81. The Labute approximate surface area is 82.2 Å². The van der Waals surface area contributed by atoms with E-state index in [0.717, 1.165) is 31.1 Å². The van der Waals surface area contributed by atoms with Gasteiger partial charge >= 0.3 is 0 Å². The van der Waals surface area contributed by atoms with Crippen molar-refractivity contribution in [1.82, 2.24) is 4.98 Å². The van der Waals surface area contributed by atoms with Crippen LogP contribution in [0.15, 0.2) is 18.5 Å². The minimum absolute atomic E-state index is 0.156. The summed E-state index contributed by atoms with van der Waals surface area (Å²) in [6.45, 7) is 0. The Balaban J connectivity index is 2.13. The van der Waals surface area contributed by atoms with Crippen molar-refractivity contribution < 1.29 is 9.18 Å². The molecule has 2 atom stereocenters. The molecule has 0 aliphatic heterocycles. The monoisotopic (exact) mass is 193 g/mol. The van der Waals surface area contributed by atoms with E-state index < -0.39 is 0 Å². The molecule has 0 saturated heterocycles. The molecule has 1 aromatic heterocycles. The molecule has 1 heterocycles. The van der Waals surface area contributed by atoms with E-state index in [9.17, 15) is 9.18 Å². The van der Waals surface area contributed by atoms with Crippen molar-refractivity contribution in [1.29, 1.82) is 0 Å². The Morgan fingerprint density at radius 2 is 2.29 bits per heavy atom. The topological polar surface area (TPSA) is 30.0 Å². The number of rotatable bonds is 2. The zero-order valence-corrected chi connectivity index (χ0v) is 7.82. The van der Waals surface area contributed by atoms with E-state index in [1.165, 1.54) is 12.3 Å². The minimum Gasteiger partial charge on any atom is -0.303 e. The van der Waals surface area contributed by atoms with Gasteiger partial charge in [0, 0.05) is 12.1 Å². The van der Waals surface area contributed by atoms with E-state index in [4.69, 9.17) is 0 Å². The molecule has 0 bridgehead atoms. The Morgan fingerprint density at radius 1 is 1.43 bits per heavy atom. The summed E-state index contributed by atoms with van der Waals surface area (Å²) in [7, 11) is 0. The molecule has 3 heteroatoms. The number of pyridine rings is 1. The smallest absolute Gasteiger partial charge is 0.141 e. The molecule has 1 aliphatic carbocycles. The van der Waals surface area contributed by atoms with E-state index in [-0.39, 0.29) is 11.7 Å². The summed E-state index contributed by atoms with van der Waals surface area (Å²) in [5.41, 5.74) is 0.925. The van der Waals surface area contributed by atoms with Crippen LogP contribution >= 0.6 is 0 Å². The van der Waals surface area contributed by atoms with Crippen LogP contribution in [0.1, 0.15) is 30.7 Å². The lowest BCUT2D eigenvalue weighted by Crippen LogP contribution is -1.97. The van der Waals surface area contributed by atoms with Crippen LogP contribution in [0.2, 0.25) is 0 Å². The molecule has 1 saturated carbocycles. The second-order valence-corrected chi connectivity index (χ2v) is 3.84. The quantitative estimate of drug-likeness (QED) is 0.674. The Kier molecular flexibility index (Phi) is 2.57. The molecule has 74 valence electrons. The summed E-state index contributed by atoms with van der Waals surface area (Å²) in [4.78, 5) is 14.4. The van der Waals surface area contributed by atoms with Gasteiger partial charge < -0.3 is 4.79 Å². The predicted octanol–water partition coefficient (Wildman–Crippen LogP) is 2.30. The summed E-state index contributed by atoms with van der Waals surface area (Å²) in [6.07, 6.45) is 6.64. The van der Waals surface area contributed by atoms with Crippen LogP contribution in [0.5, 0.6) is 0 Å². The van der Waals surface area contributed by atoms with Gasteiger partial charge in [-0.05, 0) is 36.8 Å². The fraction of sp³-hybridized carbons (Fsp3) is 0.455. The Bertz CT molecular complexity index is 340. The maximum atomic E-state index is 12.9. The van der Waals surface area contributed by atoms with Crippen molar-refractivity contribution in [3.8, 4) is 0 Å². The molecule has 14 heavy (non-hydrogen) atoms. The first kappa shape index (κ1) is 9.31. The first-order chi connectivity index (χ1) is 6.79. The van der Waals surface area contributed by atoms with Crippen LogP contribution < -0.4 is 0 Å². The van der Waals surface area contributed by atoms with Crippen LogP contribution in [0, 0.1) is 11.7 Å². The van der Waals surface area contributed by atoms with Crippen molar-refractivity contribution in [2.45, 2.75) is 25.2 Å². The summed E-state index contributed by atoms with van der Waals surface area (Å²) in [6, 6.07) is 1.52. The molecule has 0 aromatic carbocycles. The first-order valence-corrected chi connectivity index (χ1v) is 4.85. The lowest BCUT2D eigenvalue weighted by Gasteiger charge is -2.08. The fourth-order valence-electron chi connectivity index (χ4n) is 2.09. The summed E-state index contributed by atoms with van der Waals surface area (Å²) < 4.78 is 12.9. The van der Waals surface area contributed by atoms with E-state index in [2.05, 4.69) is 4.98 Å².